The molecule has 0 spiro atoms. The van der Waals surface area contributed by atoms with Crippen molar-refractivity contribution in [1.29, 1.82) is 5.41 Å². The molecule has 1 saturated carbocycles. The van der Waals surface area contributed by atoms with Gasteiger partial charge < -0.3 is 10.6 Å². The molecule has 3 nitrogen and oxygen atoms in total. The highest BCUT2D eigenvalue weighted by Crippen LogP contribution is 2.33. The molecule has 0 unspecified atom stereocenters. The number of nitrogens with two attached hydrogens (primary N) is 1. The number of hydrogen-bond acceptors (Lipinski definition) is 2. The molecule has 0 bridgehead atoms. The van der Waals surface area contributed by atoms with Crippen LogP contribution in [0.2, 0.25) is 0 Å². The van der Waals surface area contributed by atoms with E-state index in [-0.39, 0.29) is 5.41 Å². The number of piperidine rings is 1. The molecule has 1 heterocycles. The lowest BCUT2D eigenvalue weighted by atomic mass is 9.78. The zero-order chi connectivity index (χ0) is 10.9. The smallest absolute Gasteiger partial charge is 0.0966 e. The Morgan fingerprint density at radius 1 is 1.40 bits per heavy atom. The van der Waals surface area contributed by atoms with E-state index in [0.717, 1.165) is 31.8 Å². The second kappa shape index (κ2) is 4.12. The van der Waals surface area contributed by atoms with Gasteiger partial charge >= 0.3 is 0 Å². The largest absolute Gasteiger partial charge is 0.387 e. The molecule has 2 aliphatic rings. The van der Waals surface area contributed by atoms with Crippen LogP contribution in [0.15, 0.2) is 0 Å². The third-order valence-corrected chi connectivity index (χ3v) is 4.35. The summed E-state index contributed by atoms with van der Waals surface area (Å²) in [7, 11) is 0. The third-order valence-electron chi connectivity index (χ3n) is 4.35. The van der Waals surface area contributed by atoms with Gasteiger partial charge in [-0.15, -0.1) is 0 Å². The van der Waals surface area contributed by atoms with Gasteiger partial charge in [0.2, 0.25) is 0 Å². The lowest BCUT2D eigenvalue weighted by Gasteiger charge is -2.41. The molecule has 3 N–H and O–H groups in total. The van der Waals surface area contributed by atoms with Crippen LogP contribution in [0, 0.1) is 16.7 Å². The van der Waals surface area contributed by atoms with Crippen molar-refractivity contribution < 1.29 is 0 Å². The molecule has 2 fully saturated rings. The molecular weight excluding hydrogens is 186 g/mol. The summed E-state index contributed by atoms with van der Waals surface area (Å²) in [5.74, 6) is 1.34. The van der Waals surface area contributed by atoms with Crippen molar-refractivity contribution in [2.24, 2.45) is 17.1 Å². The maximum absolute atomic E-state index is 7.60. The second-order valence-electron chi connectivity index (χ2n) is 5.57. The number of rotatable bonds is 3. The van der Waals surface area contributed by atoms with Crippen molar-refractivity contribution in [3.05, 3.63) is 0 Å². The molecule has 1 aliphatic carbocycles. The van der Waals surface area contributed by atoms with E-state index in [0.29, 0.717) is 5.84 Å². The number of hydrogen-bond donors (Lipinski definition) is 2. The minimum absolute atomic E-state index is 0.0177. The fraction of sp³-hybridized carbons (Fsp3) is 0.917. The van der Waals surface area contributed by atoms with Crippen molar-refractivity contribution in [3.63, 3.8) is 0 Å². The van der Waals surface area contributed by atoms with E-state index in [9.17, 15) is 0 Å². The van der Waals surface area contributed by atoms with Crippen molar-refractivity contribution >= 4 is 5.84 Å². The van der Waals surface area contributed by atoms with E-state index in [1.807, 2.05) is 0 Å². The first kappa shape index (κ1) is 10.9. The quantitative estimate of drug-likeness (QED) is 0.550. The van der Waals surface area contributed by atoms with Gasteiger partial charge in [-0.05, 0) is 44.7 Å². The Morgan fingerprint density at radius 3 is 2.40 bits per heavy atom. The maximum Gasteiger partial charge on any atom is 0.0966 e. The Bertz CT molecular complexity index is 237. The summed E-state index contributed by atoms with van der Waals surface area (Å²) < 4.78 is 0. The molecule has 0 amide bonds. The summed E-state index contributed by atoms with van der Waals surface area (Å²) in [6, 6.07) is 0. The van der Waals surface area contributed by atoms with Crippen LogP contribution in [0.1, 0.15) is 39.0 Å². The van der Waals surface area contributed by atoms with Gasteiger partial charge in [-0.1, -0.05) is 13.3 Å². The van der Waals surface area contributed by atoms with E-state index in [4.69, 9.17) is 11.1 Å². The van der Waals surface area contributed by atoms with Crippen LogP contribution in [0.4, 0.5) is 0 Å². The normalized spacial score (nSPS) is 27.3. The fourth-order valence-corrected chi connectivity index (χ4v) is 2.54. The van der Waals surface area contributed by atoms with Crippen LogP contribution in [-0.2, 0) is 0 Å². The SMILES string of the molecule is CC1(C(=N)N)CCN(CC2CCC2)CC1. The number of nitrogens with zero attached hydrogens (tertiary/aromatic N) is 1. The van der Waals surface area contributed by atoms with Crippen LogP contribution in [0.5, 0.6) is 0 Å². The molecule has 0 atom stereocenters. The van der Waals surface area contributed by atoms with Gasteiger partial charge in [-0.25, -0.2) is 0 Å². The van der Waals surface area contributed by atoms with Gasteiger partial charge in [0.15, 0.2) is 0 Å². The molecule has 0 aromatic carbocycles. The van der Waals surface area contributed by atoms with Gasteiger partial charge in [0.25, 0.3) is 0 Å². The average Bonchev–Trinajstić information content (AvgIpc) is 2.14. The Labute approximate surface area is 92.5 Å². The first-order valence-corrected chi connectivity index (χ1v) is 6.17. The highest BCUT2D eigenvalue weighted by atomic mass is 15.1. The lowest BCUT2D eigenvalue weighted by Crippen LogP contribution is -2.46. The van der Waals surface area contributed by atoms with Gasteiger partial charge in [-0.2, -0.15) is 0 Å². The first-order valence-electron chi connectivity index (χ1n) is 6.17. The van der Waals surface area contributed by atoms with E-state index in [1.54, 1.807) is 0 Å². The Morgan fingerprint density at radius 2 is 2.00 bits per heavy atom. The van der Waals surface area contributed by atoms with Crippen LogP contribution in [0.25, 0.3) is 0 Å². The maximum atomic E-state index is 7.60. The molecule has 1 saturated heterocycles. The summed E-state index contributed by atoms with van der Waals surface area (Å²) in [5.41, 5.74) is 5.63. The van der Waals surface area contributed by atoms with E-state index in [1.165, 1.54) is 25.8 Å². The molecule has 0 aromatic rings. The molecule has 86 valence electrons. The Hall–Kier alpha value is -0.570. The minimum Gasteiger partial charge on any atom is -0.387 e. The summed E-state index contributed by atoms with van der Waals surface area (Å²) in [5, 5.41) is 7.60. The molecule has 3 heteroatoms. The summed E-state index contributed by atoms with van der Waals surface area (Å²) >= 11 is 0. The molecule has 0 aromatic heterocycles. The monoisotopic (exact) mass is 209 g/mol. The minimum atomic E-state index is -0.0177. The van der Waals surface area contributed by atoms with Crippen molar-refractivity contribution in [1.82, 2.24) is 4.90 Å². The summed E-state index contributed by atoms with van der Waals surface area (Å²) in [4.78, 5) is 2.56. The number of nitrogens with one attached hydrogen (secondary N) is 1. The van der Waals surface area contributed by atoms with Crippen LogP contribution >= 0.6 is 0 Å². The Balaban J connectivity index is 1.78. The summed E-state index contributed by atoms with van der Waals surface area (Å²) in [6.45, 7) is 5.68. The predicted molar refractivity (Wildman–Crippen MR) is 63.0 cm³/mol. The average molecular weight is 209 g/mol. The van der Waals surface area contributed by atoms with Crippen molar-refractivity contribution in [2.75, 3.05) is 19.6 Å². The third kappa shape index (κ3) is 2.33. The Kier molecular flexibility index (Phi) is 3.01. The zero-order valence-electron chi connectivity index (χ0n) is 9.76. The standard InChI is InChI=1S/C12H23N3/c1-12(11(13)14)5-7-15(8-6-12)9-10-3-2-4-10/h10H,2-9H2,1H3,(H3,13,14). The number of amidine groups is 1. The topological polar surface area (TPSA) is 53.1 Å². The molecule has 15 heavy (non-hydrogen) atoms. The predicted octanol–water partition coefficient (Wildman–Crippen LogP) is 1.82. The molecule has 1 aliphatic heterocycles. The second-order valence-corrected chi connectivity index (χ2v) is 5.57. The molecule has 0 radical (unpaired) electrons. The van der Waals surface area contributed by atoms with Gasteiger partial charge in [-0.3, -0.25) is 5.41 Å². The number of likely N-dealkylation sites (tertiary alicyclic amines) is 1. The van der Waals surface area contributed by atoms with Crippen molar-refractivity contribution in [2.45, 2.75) is 39.0 Å². The van der Waals surface area contributed by atoms with Crippen LogP contribution in [-0.4, -0.2) is 30.4 Å². The summed E-state index contributed by atoms with van der Waals surface area (Å²) in [6.07, 6.45) is 6.43. The molecular formula is C12H23N3. The van der Waals surface area contributed by atoms with E-state index in [2.05, 4.69) is 11.8 Å². The van der Waals surface area contributed by atoms with Gasteiger partial charge in [0, 0.05) is 12.0 Å². The van der Waals surface area contributed by atoms with Crippen LogP contribution in [0.3, 0.4) is 0 Å². The highest BCUT2D eigenvalue weighted by Gasteiger charge is 2.33. The fourth-order valence-electron chi connectivity index (χ4n) is 2.54. The van der Waals surface area contributed by atoms with E-state index < -0.39 is 0 Å². The van der Waals surface area contributed by atoms with E-state index >= 15 is 0 Å². The zero-order valence-corrected chi connectivity index (χ0v) is 9.76. The lowest BCUT2D eigenvalue weighted by molar-refractivity contribution is 0.118. The van der Waals surface area contributed by atoms with Gasteiger partial charge in [0.05, 0.1) is 5.84 Å². The van der Waals surface area contributed by atoms with Gasteiger partial charge in [0.1, 0.15) is 0 Å². The first-order chi connectivity index (χ1) is 7.10. The molecule has 2 rings (SSSR count). The van der Waals surface area contributed by atoms with Crippen LogP contribution < -0.4 is 5.73 Å². The van der Waals surface area contributed by atoms with Crippen molar-refractivity contribution in [3.8, 4) is 0 Å². The highest BCUT2D eigenvalue weighted by molar-refractivity contribution is 5.83.